The van der Waals surface area contributed by atoms with E-state index >= 15 is 0 Å². The molecule has 0 saturated carbocycles. The number of halogens is 8. The monoisotopic (exact) mass is 244 g/mol. The van der Waals surface area contributed by atoms with Gasteiger partial charge in [0.2, 0.25) is 0 Å². The molecule has 0 spiro atoms. The Morgan fingerprint density at radius 3 is 0.867 bits per heavy atom. The van der Waals surface area contributed by atoms with Gasteiger partial charge >= 0.3 is 29.8 Å². The van der Waals surface area contributed by atoms with Crippen LogP contribution in [0.1, 0.15) is 0 Å². The Bertz CT molecular complexity index is 256. The van der Waals surface area contributed by atoms with E-state index in [9.17, 15) is 44.7 Å². The third kappa shape index (κ3) is 1.79. The average Bonchev–Trinajstić information content (AvgIpc) is 1.75. The van der Waals surface area contributed by atoms with Crippen molar-refractivity contribution in [3.8, 4) is 0 Å². The Labute approximate surface area is 75.8 Å². The van der Waals surface area contributed by atoms with Gasteiger partial charge in [-0.05, 0) is 0 Å². The zero-order valence-electron chi connectivity index (χ0n) is 6.34. The van der Waals surface area contributed by atoms with Crippen LogP contribution < -0.4 is 0 Å². The third-order valence-corrected chi connectivity index (χ3v) is 1.44. The molecule has 0 atom stereocenters. The summed E-state index contributed by atoms with van der Waals surface area (Å²) in [6.07, 6.45) is -13.5. The molecule has 0 aliphatic carbocycles. The molecule has 0 amide bonds. The Morgan fingerprint density at radius 1 is 0.667 bits per heavy atom. The predicted molar refractivity (Wildman–Crippen MR) is 26.8 cm³/mol. The fourth-order valence-electron chi connectivity index (χ4n) is 0.684. The van der Waals surface area contributed by atoms with Crippen molar-refractivity contribution in [2.45, 2.75) is 12.4 Å². The molecule has 0 aromatic heterocycles. The van der Waals surface area contributed by atoms with Crippen LogP contribution in [0.4, 0.5) is 35.1 Å². The first-order valence-corrected chi connectivity index (χ1v) is 2.92. The second-order valence-corrected chi connectivity index (χ2v) is 2.29. The molecule has 0 heterocycles. The molecule has 0 aromatic carbocycles. The molecular formula is C5F8O2. The van der Waals surface area contributed by atoms with Crippen molar-refractivity contribution in [2.75, 3.05) is 0 Å². The van der Waals surface area contributed by atoms with Gasteiger partial charge in [0.25, 0.3) is 0 Å². The quantitative estimate of drug-likeness (QED) is 0.423. The van der Waals surface area contributed by atoms with E-state index in [4.69, 9.17) is 0 Å². The predicted octanol–water partition coefficient (Wildman–Crippen LogP) is 2.09. The van der Waals surface area contributed by atoms with Crippen LogP contribution in [0, 0.1) is 5.41 Å². The highest BCUT2D eigenvalue weighted by Crippen LogP contribution is 2.52. The van der Waals surface area contributed by atoms with Gasteiger partial charge in [0, 0.05) is 0 Å². The summed E-state index contributed by atoms with van der Waals surface area (Å²) in [4.78, 5) is 19.3. The van der Waals surface area contributed by atoms with Crippen molar-refractivity contribution in [3.63, 3.8) is 0 Å². The summed E-state index contributed by atoms with van der Waals surface area (Å²) in [5, 5.41) is 0. The summed E-state index contributed by atoms with van der Waals surface area (Å²) in [5.74, 6) is 0. The summed E-state index contributed by atoms with van der Waals surface area (Å²) in [6, 6.07) is -8.31. The number of carbonyl (C=O) groups excluding carboxylic acids is 2. The standard InChI is InChI=1S/C5F8O2/c6-1(14)3(2(7)15,4(8,9)10)5(11,12)13. The molecule has 0 saturated heterocycles. The van der Waals surface area contributed by atoms with E-state index in [2.05, 4.69) is 0 Å². The molecule has 10 heteroatoms. The largest absolute Gasteiger partial charge is 0.422 e. The maximum absolute atomic E-state index is 11.7. The molecule has 2 nitrogen and oxygen atoms in total. The van der Waals surface area contributed by atoms with Crippen LogP contribution in [-0.4, -0.2) is 24.4 Å². The first-order chi connectivity index (χ1) is 6.39. The zero-order chi connectivity index (χ0) is 12.7. The lowest BCUT2D eigenvalue weighted by molar-refractivity contribution is -0.317. The van der Waals surface area contributed by atoms with Crippen molar-refractivity contribution >= 4 is 12.1 Å². The Kier molecular flexibility index (Phi) is 3.14. The molecule has 0 unspecified atom stereocenters. The highest BCUT2D eigenvalue weighted by atomic mass is 19.4. The van der Waals surface area contributed by atoms with E-state index in [1.165, 1.54) is 0 Å². The number of hydrogen-bond donors (Lipinski definition) is 0. The SMILES string of the molecule is O=C(F)C(C(=O)F)(C(F)(F)F)C(F)(F)F. The van der Waals surface area contributed by atoms with Gasteiger partial charge in [0.05, 0.1) is 0 Å². The molecule has 0 rings (SSSR count). The van der Waals surface area contributed by atoms with Crippen LogP contribution in [0.25, 0.3) is 0 Å². The second-order valence-electron chi connectivity index (χ2n) is 2.29. The minimum Gasteiger partial charge on any atom is -0.259 e. The lowest BCUT2D eigenvalue weighted by Crippen LogP contribution is -2.58. The van der Waals surface area contributed by atoms with Crippen molar-refractivity contribution < 1.29 is 44.7 Å². The number of rotatable bonds is 2. The molecule has 0 aliphatic rings. The molecule has 0 N–H and O–H groups in total. The van der Waals surface area contributed by atoms with Gasteiger partial charge in [0.15, 0.2) is 0 Å². The Balaban J connectivity index is 5.97. The molecule has 88 valence electrons. The summed E-state index contributed by atoms with van der Waals surface area (Å²) >= 11 is 0. The van der Waals surface area contributed by atoms with Crippen LogP contribution in [0.2, 0.25) is 0 Å². The maximum atomic E-state index is 11.7. The summed E-state index contributed by atoms with van der Waals surface area (Å²) in [7, 11) is 0. The average molecular weight is 244 g/mol. The van der Waals surface area contributed by atoms with Gasteiger partial charge < -0.3 is 0 Å². The van der Waals surface area contributed by atoms with E-state index in [1.807, 2.05) is 0 Å². The van der Waals surface area contributed by atoms with E-state index in [0.29, 0.717) is 0 Å². The highest BCUT2D eigenvalue weighted by Gasteiger charge is 2.81. The first kappa shape index (κ1) is 13.8. The van der Waals surface area contributed by atoms with Gasteiger partial charge in [-0.25, -0.2) is 0 Å². The minimum absolute atomic E-state index is 4.16. The number of carbonyl (C=O) groups is 2. The van der Waals surface area contributed by atoms with Gasteiger partial charge in [-0.15, -0.1) is 0 Å². The van der Waals surface area contributed by atoms with E-state index < -0.39 is 29.8 Å². The van der Waals surface area contributed by atoms with Crippen LogP contribution in [0.3, 0.4) is 0 Å². The van der Waals surface area contributed by atoms with Crippen molar-refractivity contribution in [1.82, 2.24) is 0 Å². The van der Waals surface area contributed by atoms with Crippen molar-refractivity contribution in [2.24, 2.45) is 5.41 Å². The molecule has 0 bridgehead atoms. The summed E-state index contributed by atoms with van der Waals surface area (Å²) in [6.45, 7) is 0. The second kappa shape index (κ2) is 3.42. The fourth-order valence-corrected chi connectivity index (χ4v) is 0.684. The molecule has 0 fully saturated rings. The van der Waals surface area contributed by atoms with Gasteiger partial charge in [0.1, 0.15) is 0 Å². The molecule has 0 aliphatic heterocycles. The number of alkyl halides is 6. The third-order valence-electron chi connectivity index (χ3n) is 1.44. The smallest absolute Gasteiger partial charge is 0.259 e. The van der Waals surface area contributed by atoms with Crippen LogP contribution in [0.5, 0.6) is 0 Å². The summed E-state index contributed by atoms with van der Waals surface area (Å²) in [5.41, 5.74) is -6.24. The number of hydrogen-bond acceptors (Lipinski definition) is 2. The first-order valence-electron chi connectivity index (χ1n) is 2.92. The zero-order valence-corrected chi connectivity index (χ0v) is 6.34. The molecule has 0 radical (unpaired) electrons. The molecule has 0 aromatic rings. The van der Waals surface area contributed by atoms with E-state index in [1.54, 1.807) is 0 Å². The Hall–Kier alpha value is -1.22. The topological polar surface area (TPSA) is 34.1 Å². The molecule has 15 heavy (non-hydrogen) atoms. The maximum Gasteiger partial charge on any atom is 0.422 e. The lowest BCUT2D eigenvalue weighted by Gasteiger charge is -2.28. The van der Waals surface area contributed by atoms with E-state index in [0.717, 1.165) is 0 Å². The normalized spacial score (nSPS) is 13.9. The lowest BCUT2D eigenvalue weighted by atomic mass is 9.88. The van der Waals surface area contributed by atoms with Gasteiger partial charge in [-0.1, -0.05) is 0 Å². The minimum atomic E-state index is -6.73. The highest BCUT2D eigenvalue weighted by molar-refractivity contribution is 6.01. The van der Waals surface area contributed by atoms with E-state index in [-0.39, 0.29) is 0 Å². The Morgan fingerprint density at radius 2 is 0.867 bits per heavy atom. The summed E-state index contributed by atoms with van der Waals surface area (Å²) < 4.78 is 93.8. The van der Waals surface area contributed by atoms with Crippen LogP contribution in [-0.2, 0) is 9.59 Å². The fraction of sp³-hybridized carbons (Fsp3) is 0.600. The van der Waals surface area contributed by atoms with Crippen molar-refractivity contribution in [3.05, 3.63) is 0 Å². The molecular weight excluding hydrogens is 244 g/mol. The van der Waals surface area contributed by atoms with Crippen molar-refractivity contribution in [1.29, 1.82) is 0 Å². The van der Waals surface area contributed by atoms with Crippen LogP contribution in [0.15, 0.2) is 0 Å². The van der Waals surface area contributed by atoms with Crippen LogP contribution >= 0.6 is 0 Å². The van der Waals surface area contributed by atoms with Gasteiger partial charge in [-0.2, -0.15) is 35.1 Å². The van der Waals surface area contributed by atoms with Gasteiger partial charge in [-0.3, -0.25) is 9.59 Å².